The van der Waals surface area contributed by atoms with Gasteiger partial charge in [-0.1, -0.05) is 121 Å². The molecule has 11 nitrogen and oxygen atoms in total. The van der Waals surface area contributed by atoms with E-state index in [0.29, 0.717) is 51.7 Å². The number of benzene rings is 5. The van der Waals surface area contributed by atoms with Gasteiger partial charge >= 0.3 is 0 Å². The molecule has 5 aromatic carbocycles. The topological polar surface area (TPSA) is 136 Å². The monoisotopic (exact) mass is 1030 g/mol. The number of aldehydes is 1. The summed E-state index contributed by atoms with van der Waals surface area (Å²) in [6, 6.07) is 43.8. The molecular formula is C65H79N5O6. The highest BCUT2D eigenvalue weighted by atomic mass is 16.2. The Morgan fingerprint density at radius 2 is 0.724 bits per heavy atom. The molecule has 8 rings (SSSR count). The van der Waals surface area contributed by atoms with Crippen LogP contribution in [0.4, 0.5) is 0 Å². The smallest absolute Gasteiger partial charge is 0.254 e. The molecule has 0 radical (unpaired) electrons. The number of amides is 5. The van der Waals surface area contributed by atoms with Crippen molar-refractivity contribution in [3.63, 3.8) is 0 Å². The Hall–Kier alpha value is -6.88. The minimum Gasteiger partial charge on any atom is -0.352 e. The summed E-state index contributed by atoms with van der Waals surface area (Å²) in [6.07, 6.45) is 17.2. The molecule has 11 heteroatoms. The molecule has 3 saturated heterocycles. The van der Waals surface area contributed by atoms with Crippen LogP contribution >= 0.6 is 0 Å². The number of nitrogens with one attached hydrogen (secondary N) is 2. The maximum atomic E-state index is 15.1. The summed E-state index contributed by atoms with van der Waals surface area (Å²) in [7, 11) is 0. The lowest BCUT2D eigenvalue weighted by atomic mass is 9.95. The van der Waals surface area contributed by atoms with E-state index in [1.165, 1.54) is 34.4 Å². The zero-order chi connectivity index (χ0) is 52.9. The van der Waals surface area contributed by atoms with Crippen LogP contribution in [0, 0.1) is 0 Å². The first kappa shape index (κ1) is 55.4. The van der Waals surface area contributed by atoms with Crippen LogP contribution in [0.5, 0.6) is 0 Å². The molecule has 0 aromatic heterocycles. The molecular weight excluding hydrogens is 947 g/mol. The molecule has 0 unspecified atom stereocenters. The lowest BCUT2D eigenvalue weighted by Gasteiger charge is -2.37. The second-order valence-corrected chi connectivity index (χ2v) is 21.4. The predicted molar refractivity (Wildman–Crippen MR) is 300 cm³/mol. The minimum absolute atomic E-state index is 0.0900. The first-order valence-corrected chi connectivity index (χ1v) is 28.5. The molecule has 5 amide bonds. The van der Waals surface area contributed by atoms with Gasteiger partial charge in [-0.25, -0.2) is 0 Å². The fourth-order valence-corrected chi connectivity index (χ4v) is 11.7. The maximum Gasteiger partial charge on any atom is 0.254 e. The van der Waals surface area contributed by atoms with Crippen LogP contribution in [0.15, 0.2) is 140 Å². The zero-order valence-corrected chi connectivity index (χ0v) is 44.5. The van der Waals surface area contributed by atoms with E-state index in [-0.39, 0.29) is 40.6 Å². The van der Waals surface area contributed by atoms with Crippen LogP contribution in [-0.2, 0) is 40.1 Å². The summed E-state index contributed by atoms with van der Waals surface area (Å²) in [5.41, 5.74) is 5.41. The molecule has 0 saturated carbocycles. The number of hydrogen-bond acceptors (Lipinski definition) is 6. The third-order valence-electron chi connectivity index (χ3n) is 15.9. The average Bonchev–Trinajstić information content (AvgIpc) is 3.47. The number of carbonyl (C=O) groups is 6. The van der Waals surface area contributed by atoms with Crippen LogP contribution in [0.2, 0.25) is 0 Å². The first-order chi connectivity index (χ1) is 37.2. The van der Waals surface area contributed by atoms with Crippen LogP contribution in [-0.4, -0.2) is 100 Å². The number of hydrogen-bond donors (Lipinski definition) is 2. The molecule has 3 fully saturated rings. The number of aryl methyl sites for hydroxylation is 4. The van der Waals surface area contributed by atoms with Gasteiger partial charge in [-0.3, -0.25) is 24.0 Å². The highest BCUT2D eigenvalue weighted by Gasteiger charge is 2.38. The van der Waals surface area contributed by atoms with Crippen molar-refractivity contribution in [1.82, 2.24) is 25.3 Å². The predicted octanol–water partition coefficient (Wildman–Crippen LogP) is 10.9. The van der Waals surface area contributed by atoms with Crippen molar-refractivity contribution < 1.29 is 28.8 Å². The van der Waals surface area contributed by atoms with Gasteiger partial charge in [0, 0.05) is 48.4 Å². The summed E-state index contributed by atoms with van der Waals surface area (Å²) in [5.74, 6) is -1.67. The fourth-order valence-electron chi connectivity index (χ4n) is 11.7. The van der Waals surface area contributed by atoms with E-state index < -0.39 is 35.8 Å². The Bertz CT molecular complexity index is 2400. The van der Waals surface area contributed by atoms with Gasteiger partial charge in [0.25, 0.3) is 17.7 Å². The summed E-state index contributed by atoms with van der Waals surface area (Å²) in [5, 5.41) is 6.79. The van der Waals surface area contributed by atoms with Crippen molar-refractivity contribution in [2.24, 2.45) is 0 Å². The van der Waals surface area contributed by atoms with Crippen LogP contribution in [0.3, 0.4) is 0 Å². The minimum atomic E-state index is -0.740. The van der Waals surface area contributed by atoms with Gasteiger partial charge in [0.05, 0.1) is 6.04 Å². The number of piperidine rings is 3. The van der Waals surface area contributed by atoms with Crippen molar-refractivity contribution >= 4 is 35.8 Å². The van der Waals surface area contributed by atoms with Gasteiger partial charge in [-0.05, 0) is 175 Å². The summed E-state index contributed by atoms with van der Waals surface area (Å²) in [6.45, 7) is 1.06. The molecule has 0 spiro atoms. The number of nitrogens with zero attached hydrogens (tertiary/aromatic N) is 3. The Morgan fingerprint density at radius 3 is 1.05 bits per heavy atom. The Labute approximate surface area is 451 Å². The second-order valence-electron chi connectivity index (χ2n) is 21.4. The lowest BCUT2D eigenvalue weighted by Crippen LogP contribution is -2.54. The van der Waals surface area contributed by atoms with E-state index in [2.05, 4.69) is 59.2 Å². The second kappa shape index (κ2) is 28.9. The highest BCUT2D eigenvalue weighted by Crippen LogP contribution is 2.28. The largest absolute Gasteiger partial charge is 0.352 e. The van der Waals surface area contributed by atoms with Crippen LogP contribution < -0.4 is 10.6 Å². The third-order valence-corrected chi connectivity index (χ3v) is 15.9. The summed E-state index contributed by atoms with van der Waals surface area (Å²) >= 11 is 0. The quantitative estimate of drug-likeness (QED) is 0.0591. The lowest BCUT2D eigenvalue weighted by molar-refractivity contribution is -0.128. The third kappa shape index (κ3) is 15.8. The van der Waals surface area contributed by atoms with Gasteiger partial charge in [0.1, 0.15) is 18.4 Å². The summed E-state index contributed by atoms with van der Waals surface area (Å²) in [4.78, 5) is 91.1. The normalized spacial score (nSPS) is 17.8. The van der Waals surface area contributed by atoms with E-state index in [0.717, 1.165) is 109 Å². The zero-order valence-electron chi connectivity index (χ0n) is 44.5. The molecule has 0 aliphatic carbocycles. The van der Waals surface area contributed by atoms with Crippen LogP contribution in [0.1, 0.15) is 162 Å². The molecule has 76 heavy (non-hydrogen) atoms. The van der Waals surface area contributed by atoms with Crippen molar-refractivity contribution in [2.45, 2.75) is 165 Å². The van der Waals surface area contributed by atoms with Gasteiger partial charge < -0.3 is 30.1 Å². The van der Waals surface area contributed by atoms with E-state index >= 15 is 9.59 Å². The first-order valence-electron chi connectivity index (χ1n) is 28.5. The van der Waals surface area contributed by atoms with Crippen molar-refractivity contribution in [2.75, 3.05) is 19.6 Å². The number of rotatable bonds is 24. The van der Waals surface area contributed by atoms with Crippen molar-refractivity contribution in [1.29, 1.82) is 0 Å². The van der Waals surface area contributed by atoms with Gasteiger partial charge in [0.15, 0.2) is 0 Å². The van der Waals surface area contributed by atoms with Crippen molar-refractivity contribution in [3.05, 3.63) is 178 Å². The highest BCUT2D eigenvalue weighted by molar-refractivity contribution is 6.06. The summed E-state index contributed by atoms with van der Waals surface area (Å²) < 4.78 is 0. The molecule has 3 aliphatic rings. The number of carbonyl (C=O) groups excluding carboxylic acids is 6. The van der Waals surface area contributed by atoms with E-state index in [1.807, 2.05) is 72.8 Å². The molecule has 3 aliphatic heterocycles. The molecule has 400 valence electrons. The standard InChI is InChI=1S/C65H79N5O6/c71-48-58-39-13-16-42-68(58)63(74)53-45-54(64(75)69-43-17-14-40-59(69)61(72)66-56(35-19-31-49-23-5-1-6-24-49)36-20-32-50-25-7-2-8-26-50)47-55(46-53)65(76)70-44-18-15-41-60(70)62(73)67-57(37-21-33-51-27-9-3-10-28-51)38-22-34-52-29-11-4-12-30-52/h1-12,23-30,45-48,56-60H,13-22,31-44H2,(H,66,72)(H,67,73)/t58-,59-,60+/m0/s1. The SMILES string of the molecule is O=C[C@@H]1CCCCN1C(=O)c1cc(C(=O)N2CCCC[C@@H]2C(=O)NC(CCCc2ccccc2)CCCc2ccccc2)cc(C(=O)N2CCCC[C@H]2C(=O)NC(CCCc2ccccc2)CCCc2ccccc2)c1. The fraction of sp³-hybridized carbons (Fsp3) is 0.446. The van der Waals surface area contributed by atoms with E-state index in [9.17, 15) is 19.2 Å². The van der Waals surface area contributed by atoms with E-state index in [4.69, 9.17) is 0 Å². The van der Waals surface area contributed by atoms with Crippen LogP contribution in [0.25, 0.3) is 0 Å². The Morgan fingerprint density at radius 1 is 0.421 bits per heavy atom. The Kier molecular flexibility index (Phi) is 21.0. The molecule has 3 heterocycles. The van der Waals surface area contributed by atoms with E-state index in [1.54, 1.807) is 20.8 Å². The molecule has 2 N–H and O–H groups in total. The molecule has 5 aromatic rings. The molecule has 0 bridgehead atoms. The maximum absolute atomic E-state index is 15.1. The van der Waals surface area contributed by atoms with Gasteiger partial charge in [-0.2, -0.15) is 0 Å². The average molecular weight is 1030 g/mol. The number of likely N-dealkylation sites (tertiary alicyclic amines) is 3. The Balaban J connectivity index is 1.02. The van der Waals surface area contributed by atoms with Gasteiger partial charge in [-0.15, -0.1) is 0 Å². The van der Waals surface area contributed by atoms with Gasteiger partial charge in [0.2, 0.25) is 11.8 Å². The van der Waals surface area contributed by atoms with Crippen molar-refractivity contribution in [3.8, 4) is 0 Å². The molecule has 3 atom stereocenters.